The van der Waals surface area contributed by atoms with E-state index in [1.807, 2.05) is 31.2 Å². The SMILES string of the molecule is [2H]c1c([2H])c([2H])c2c(c1[2H])C(=Nc1c(C(C)C)cccc1C(C)C)c1c(-c3ccccc3)cc(C)cc1-2. The molecule has 0 radical (unpaired) electrons. The minimum absolute atomic E-state index is 0.0201. The Balaban J connectivity index is 1.97. The first kappa shape index (κ1) is 17.1. The molecule has 0 aliphatic heterocycles. The third-order valence-corrected chi connectivity index (χ3v) is 6.36. The van der Waals surface area contributed by atoms with Crippen LogP contribution in [0.5, 0.6) is 0 Å². The summed E-state index contributed by atoms with van der Waals surface area (Å²) in [5.41, 5.74) is 9.51. The molecular formula is C32H31N. The van der Waals surface area contributed by atoms with Gasteiger partial charge in [-0.15, -0.1) is 0 Å². The van der Waals surface area contributed by atoms with Crippen molar-refractivity contribution >= 4 is 11.4 Å². The number of nitrogens with zero attached hydrogens (tertiary/aromatic N) is 1. The molecule has 0 spiro atoms. The third kappa shape index (κ3) is 3.72. The monoisotopic (exact) mass is 433 g/mol. The number of aliphatic imine (C=N–C) groups is 1. The Morgan fingerprint density at radius 3 is 1.94 bits per heavy atom. The molecule has 0 saturated heterocycles. The molecule has 164 valence electrons. The number of rotatable bonds is 4. The van der Waals surface area contributed by atoms with E-state index in [9.17, 15) is 0 Å². The number of para-hydroxylation sites is 1. The van der Waals surface area contributed by atoms with Gasteiger partial charge in [-0.3, -0.25) is 0 Å². The summed E-state index contributed by atoms with van der Waals surface area (Å²) in [5, 5.41) is 0. The van der Waals surface area contributed by atoms with Crippen LogP contribution in [0, 0.1) is 6.92 Å². The molecule has 1 nitrogen and oxygen atoms in total. The van der Waals surface area contributed by atoms with Crippen LogP contribution in [-0.2, 0) is 0 Å². The largest absolute Gasteiger partial charge is 0.247 e. The van der Waals surface area contributed by atoms with Crippen molar-refractivity contribution in [1.82, 2.24) is 0 Å². The van der Waals surface area contributed by atoms with Gasteiger partial charge in [0.2, 0.25) is 0 Å². The van der Waals surface area contributed by atoms with Gasteiger partial charge in [0.1, 0.15) is 0 Å². The summed E-state index contributed by atoms with van der Waals surface area (Å²) in [4.78, 5) is 5.34. The van der Waals surface area contributed by atoms with Gasteiger partial charge in [-0.05, 0) is 57.7 Å². The summed E-state index contributed by atoms with van der Waals surface area (Å²) < 4.78 is 34.6. The zero-order valence-electron chi connectivity index (χ0n) is 23.9. The van der Waals surface area contributed by atoms with Crippen LogP contribution in [0.1, 0.15) is 72.8 Å². The fourth-order valence-electron chi connectivity index (χ4n) is 4.77. The van der Waals surface area contributed by atoms with Crippen molar-refractivity contribution in [2.45, 2.75) is 46.5 Å². The number of hydrogen-bond donors (Lipinski definition) is 0. The van der Waals surface area contributed by atoms with Gasteiger partial charge in [-0.1, -0.05) is 113 Å². The molecule has 0 heterocycles. The van der Waals surface area contributed by atoms with Crippen molar-refractivity contribution in [2.75, 3.05) is 0 Å². The topological polar surface area (TPSA) is 12.4 Å². The molecule has 0 saturated carbocycles. The van der Waals surface area contributed by atoms with Crippen LogP contribution in [0.25, 0.3) is 22.3 Å². The molecule has 0 aromatic heterocycles. The molecule has 0 amide bonds. The Bertz CT molecular complexity index is 1540. The van der Waals surface area contributed by atoms with Crippen LogP contribution >= 0.6 is 0 Å². The van der Waals surface area contributed by atoms with E-state index in [1.54, 1.807) is 0 Å². The van der Waals surface area contributed by atoms with Crippen molar-refractivity contribution in [3.63, 3.8) is 0 Å². The Kier molecular flexibility index (Phi) is 4.39. The molecule has 0 N–H and O–H groups in total. The quantitative estimate of drug-likeness (QED) is 0.268. The summed E-state index contributed by atoms with van der Waals surface area (Å²) in [7, 11) is 0. The molecule has 1 aliphatic rings. The van der Waals surface area contributed by atoms with E-state index in [0.717, 1.165) is 44.6 Å². The van der Waals surface area contributed by atoms with Gasteiger partial charge in [-0.2, -0.15) is 0 Å². The van der Waals surface area contributed by atoms with E-state index in [2.05, 4.69) is 64.1 Å². The highest BCUT2D eigenvalue weighted by Crippen LogP contribution is 2.45. The molecular weight excluding hydrogens is 398 g/mol. The Morgan fingerprint density at radius 1 is 0.697 bits per heavy atom. The van der Waals surface area contributed by atoms with Crippen molar-refractivity contribution in [1.29, 1.82) is 0 Å². The lowest BCUT2D eigenvalue weighted by Crippen LogP contribution is -2.03. The molecule has 0 bridgehead atoms. The summed E-state index contributed by atoms with van der Waals surface area (Å²) in [5.74, 6) is 0.490. The first-order valence-electron chi connectivity index (χ1n) is 13.6. The van der Waals surface area contributed by atoms with Crippen LogP contribution in [-0.4, -0.2) is 5.71 Å². The van der Waals surface area contributed by atoms with Crippen LogP contribution in [0.4, 0.5) is 5.69 Å². The highest BCUT2D eigenvalue weighted by Gasteiger charge is 2.29. The fraction of sp³-hybridized carbons (Fsp3) is 0.219. The summed E-state index contributed by atoms with van der Waals surface area (Å²) >= 11 is 0. The molecule has 5 rings (SSSR count). The maximum atomic E-state index is 8.92. The minimum Gasteiger partial charge on any atom is -0.247 e. The molecule has 0 fully saturated rings. The molecule has 33 heavy (non-hydrogen) atoms. The van der Waals surface area contributed by atoms with Gasteiger partial charge in [-0.25, -0.2) is 4.99 Å². The van der Waals surface area contributed by atoms with Gasteiger partial charge in [0.15, 0.2) is 0 Å². The third-order valence-electron chi connectivity index (χ3n) is 6.36. The highest BCUT2D eigenvalue weighted by atomic mass is 14.8. The maximum absolute atomic E-state index is 8.92. The molecule has 4 aromatic rings. The number of hydrogen-bond acceptors (Lipinski definition) is 1. The van der Waals surface area contributed by atoms with Crippen LogP contribution in [0.3, 0.4) is 0 Å². The van der Waals surface area contributed by atoms with E-state index in [4.69, 9.17) is 10.5 Å². The van der Waals surface area contributed by atoms with E-state index in [1.165, 1.54) is 0 Å². The lowest BCUT2D eigenvalue weighted by Gasteiger charge is -2.18. The zero-order chi connectivity index (χ0) is 26.6. The van der Waals surface area contributed by atoms with E-state index in [0.29, 0.717) is 16.8 Å². The predicted octanol–water partition coefficient (Wildman–Crippen LogP) is 9.06. The second-order valence-electron chi connectivity index (χ2n) is 9.41. The van der Waals surface area contributed by atoms with Gasteiger partial charge >= 0.3 is 0 Å². The molecule has 4 aromatic carbocycles. The summed E-state index contributed by atoms with van der Waals surface area (Å²) in [6.45, 7) is 10.7. The maximum Gasteiger partial charge on any atom is 0.0800 e. The van der Waals surface area contributed by atoms with Crippen LogP contribution in [0.2, 0.25) is 0 Å². The van der Waals surface area contributed by atoms with Crippen molar-refractivity contribution < 1.29 is 5.48 Å². The Hall–Kier alpha value is -3.45. The van der Waals surface area contributed by atoms with Gasteiger partial charge < -0.3 is 0 Å². The standard InChI is InChI=1S/C32H31N/c1-20(2)24-16-11-17-25(21(3)4)31(24)33-32-27-15-10-9-14-26(27)29-19-22(5)18-28(30(29)32)23-12-7-6-8-13-23/h6-21H,1-5H3/i9D,10D,14D,15D. The summed E-state index contributed by atoms with van der Waals surface area (Å²) in [6.07, 6.45) is 0. The Labute approximate surface area is 203 Å². The number of benzene rings is 4. The van der Waals surface area contributed by atoms with E-state index in [-0.39, 0.29) is 36.0 Å². The van der Waals surface area contributed by atoms with Crippen LogP contribution < -0.4 is 0 Å². The molecule has 1 heteroatoms. The fourth-order valence-corrected chi connectivity index (χ4v) is 4.77. The normalized spacial score (nSPS) is 15.3. The smallest absolute Gasteiger partial charge is 0.0800 e. The molecule has 0 unspecified atom stereocenters. The number of fused-ring (bicyclic) bond motifs is 3. The first-order chi connectivity index (χ1) is 17.6. The van der Waals surface area contributed by atoms with Gasteiger partial charge in [0.05, 0.1) is 16.9 Å². The van der Waals surface area contributed by atoms with Crippen molar-refractivity contribution in [2.24, 2.45) is 4.99 Å². The highest BCUT2D eigenvalue weighted by molar-refractivity contribution is 6.28. The second-order valence-corrected chi connectivity index (χ2v) is 9.41. The van der Waals surface area contributed by atoms with Crippen molar-refractivity contribution in [3.8, 4) is 22.3 Å². The lowest BCUT2D eigenvalue weighted by atomic mass is 9.91. The lowest BCUT2D eigenvalue weighted by molar-refractivity contribution is 0.835. The van der Waals surface area contributed by atoms with Gasteiger partial charge in [0, 0.05) is 11.1 Å². The molecule has 1 aliphatic carbocycles. The summed E-state index contributed by atoms with van der Waals surface area (Å²) in [6, 6.07) is 20.1. The molecule has 0 atom stereocenters. The minimum atomic E-state index is -0.233. The average molecular weight is 434 g/mol. The second kappa shape index (κ2) is 8.48. The zero-order valence-corrected chi connectivity index (χ0v) is 19.9. The van der Waals surface area contributed by atoms with Gasteiger partial charge in [0.25, 0.3) is 0 Å². The van der Waals surface area contributed by atoms with E-state index < -0.39 is 0 Å². The first-order valence-corrected chi connectivity index (χ1v) is 11.6. The number of aryl methyl sites for hydroxylation is 1. The predicted molar refractivity (Wildman–Crippen MR) is 142 cm³/mol. The van der Waals surface area contributed by atoms with Crippen molar-refractivity contribution in [3.05, 3.63) is 113 Å². The Morgan fingerprint density at radius 2 is 1.30 bits per heavy atom. The van der Waals surface area contributed by atoms with Crippen LogP contribution in [0.15, 0.2) is 89.8 Å². The van der Waals surface area contributed by atoms with E-state index >= 15 is 0 Å². The average Bonchev–Trinajstić information content (AvgIpc) is 3.19.